The van der Waals surface area contributed by atoms with E-state index in [1.165, 1.54) is 17.1 Å². The molecule has 98 valence electrons. The van der Waals surface area contributed by atoms with Crippen LogP contribution >= 0.6 is 11.6 Å². The minimum absolute atomic E-state index is 0.363. The van der Waals surface area contributed by atoms with E-state index in [0.717, 1.165) is 16.5 Å². The zero-order valence-corrected chi connectivity index (χ0v) is 11.2. The Balaban J connectivity index is 2.55. The van der Waals surface area contributed by atoms with Crippen LogP contribution in [-0.4, -0.2) is 17.0 Å². The fraction of sp³-hybridized carbons (Fsp3) is 0.154. The number of aryl methyl sites for hydroxylation is 1. The minimum Gasteiger partial charge on any atom is -0.337 e. The third-order valence-corrected chi connectivity index (χ3v) is 3.65. The molecule has 0 atom stereocenters. The molecule has 3 rings (SSSR count). The van der Waals surface area contributed by atoms with Gasteiger partial charge >= 0.3 is 0 Å². The van der Waals surface area contributed by atoms with E-state index in [9.17, 15) is 4.39 Å². The number of nitrogens with zero attached hydrogens (tertiary/aromatic N) is 2. The topological polar surface area (TPSA) is 57.9 Å². The largest absolute Gasteiger partial charge is 0.337 e. The van der Waals surface area contributed by atoms with Gasteiger partial charge in [-0.05, 0) is 18.6 Å². The van der Waals surface area contributed by atoms with Gasteiger partial charge in [0.15, 0.2) is 0 Å². The van der Waals surface area contributed by atoms with Crippen molar-refractivity contribution < 1.29 is 4.39 Å². The summed E-state index contributed by atoms with van der Waals surface area (Å²) in [5.74, 6) is 5.37. The smallest absolute Gasteiger partial charge is 0.139 e. The van der Waals surface area contributed by atoms with Crippen LogP contribution in [0.4, 0.5) is 10.1 Å². The predicted molar refractivity (Wildman–Crippen MR) is 75.9 cm³/mol. The number of nitrogens with one attached hydrogen (secondary N) is 1. The van der Waals surface area contributed by atoms with Gasteiger partial charge < -0.3 is 9.99 Å². The molecule has 2 aromatic heterocycles. The zero-order chi connectivity index (χ0) is 13.7. The number of hydrazine groups is 1. The predicted octanol–water partition coefficient (Wildman–Crippen LogP) is 3.13. The highest BCUT2D eigenvalue weighted by Gasteiger charge is 2.15. The van der Waals surface area contributed by atoms with Gasteiger partial charge in [-0.15, -0.1) is 0 Å². The highest BCUT2D eigenvalue weighted by molar-refractivity contribution is 6.38. The molecule has 0 aliphatic carbocycles. The van der Waals surface area contributed by atoms with Gasteiger partial charge in [-0.3, -0.25) is 0 Å². The van der Waals surface area contributed by atoms with Crippen LogP contribution < -0.4 is 10.9 Å². The van der Waals surface area contributed by atoms with Crippen LogP contribution in [0.1, 0.15) is 5.56 Å². The highest BCUT2D eigenvalue weighted by atomic mass is 35.5. The van der Waals surface area contributed by atoms with E-state index >= 15 is 0 Å². The summed E-state index contributed by atoms with van der Waals surface area (Å²) < 4.78 is 13.7. The Kier molecular flexibility index (Phi) is 2.62. The molecular formula is C13H12ClFN4. The number of hydrogen-bond acceptors (Lipinski definition) is 3. The molecular weight excluding hydrogens is 267 g/mol. The van der Waals surface area contributed by atoms with Gasteiger partial charge in [0.2, 0.25) is 0 Å². The van der Waals surface area contributed by atoms with Crippen molar-refractivity contribution in [1.29, 1.82) is 0 Å². The Morgan fingerprint density at radius 1 is 1.42 bits per heavy atom. The number of hydrogen-bond donors (Lipinski definition) is 2. The molecule has 0 unspecified atom stereocenters. The summed E-state index contributed by atoms with van der Waals surface area (Å²) in [5.41, 5.74) is 2.75. The average Bonchev–Trinajstić information content (AvgIpc) is 2.71. The molecule has 0 spiro atoms. The van der Waals surface area contributed by atoms with Gasteiger partial charge in [0, 0.05) is 30.1 Å². The van der Waals surface area contributed by atoms with Crippen molar-refractivity contribution in [3.8, 4) is 0 Å². The third kappa shape index (κ3) is 1.74. The molecule has 4 nitrogen and oxygen atoms in total. The Morgan fingerprint density at radius 3 is 2.84 bits per heavy atom. The molecule has 6 heteroatoms. The molecule has 0 radical (unpaired) electrons. The number of benzene rings is 1. The summed E-state index contributed by atoms with van der Waals surface area (Å²) in [6.45, 7) is 1.86. The number of aromatic amines is 1. The molecule has 3 aromatic rings. The first-order valence-electron chi connectivity index (χ1n) is 5.73. The first-order valence-corrected chi connectivity index (χ1v) is 6.11. The van der Waals surface area contributed by atoms with Gasteiger partial charge in [0.25, 0.3) is 0 Å². The Hall–Kier alpha value is -1.85. The quantitative estimate of drug-likeness (QED) is 0.531. The van der Waals surface area contributed by atoms with Crippen LogP contribution in [0, 0.1) is 12.7 Å². The first kappa shape index (κ1) is 12.2. The fourth-order valence-electron chi connectivity index (χ4n) is 2.24. The lowest BCUT2D eigenvalue weighted by Crippen LogP contribution is -2.25. The van der Waals surface area contributed by atoms with Crippen LogP contribution in [0.2, 0.25) is 5.02 Å². The second-order valence-electron chi connectivity index (χ2n) is 4.56. The van der Waals surface area contributed by atoms with Gasteiger partial charge in [-0.2, -0.15) is 0 Å². The molecule has 19 heavy (non-hydrogen) atoms. The van der Waals surface area contributed by atoms with E-state index < -0.39 is 0 Å². The summed E-state index contributed by atoms with van der Waals surface area (Å²) in [4.78, 5) is 7.43. The molecule has 2 heterocycles. The van der Waals surface area contributed by atoms with E-state index in [2.05, 4.69) is 9.97 Å². The lowest BCUT2D eigenvalue weighted by Gasteiger charge is -2.13. The Bertz CT molecular complexity index is 794. The SMILES string of the molecule is Cc1cnc2[nH]c3c(N(C)N)cc(F)cc3c2c1Cl. The van der Waals surface area contributed by atoms with E-state index in [-0.39, 0.29) is 5.82 Å². The number of H-pyrrole nitrogens is 1. The van der Waals surface area contributed by atoms with Crippen LogP contribution in [0.25, 0.3) is 21.9 Å². The Labute approximate surface area is 113 Å². The standard InChI is InChI=1S/C13H12ClFN4/c1-6-5-17-13-10(11(6)14)8-3-7(15)4-9(19(2)16)12(8)18-13/h3-5H,16H2,1-2H3,(H,17,18). The van der Waals surface area contributed by atoms with E-state index in [0.29, 0.717) is 21.7 Å². The van der Waals surface area contributed by atoms with Crippen LogP contribution in [0.3, 0.4) is 0 Å². The maximum Gasteiger partial charge on any atom is 0.139 e. The van der Waals surface area contributed by atoms with Gasteiger partial charge in [0.05, 0.1) is 16.2 Å². The molecule has 0 saturated carbocycles. The normalized spacial score (nSPS) is 11.4. The highest BCUT2D eigenvalue weighted by Crippen LogP contribution is 2.36. The maximum atomic E-state index is 13.7. The summed E-state index contributed by atoms with van der Waals surface area (Å²) in [6, 6.07) is 2.81. The number of halogens is 2. The van der Waals surface area contributed by atoms with Crippen molar-refractivity contribution >= 4 is 39.2 Å². The van der Waals surface area contributed by atoms with Gasteiger partial charge in [-0.1, -0.05) is 11.6 Å². The summed E-state index contributed by atoms with van der Waals surface area (Å²) >= 11 is 6.30. The van der Waals surface area contributed by atoms with Crippen molar-refractivity contribution in [3.05, 3.63) is 34.7 Å². The monoisotopic (exact) mass is 278 g/mol. The van der Waals surface area contributed by atoms with Gasteiger partial charge in [-0.25, -0.2) is 15.2 Å². The molecule has 0 fully saturated rings. The lowest BCUT2D eigenvalue weighted by molar-refractivity contribution is 0.629. The van der Waals surface area contributed by atoms with Crippen molar-refractivity contribution in [2.45, 2.75) is 6.92 Å². The molecule has 0 amide bonds. The van der Waals surface area contributed by atoms with E-state index in [1.807, 2.05) is 6.92 Å². The van der Waals surface area contributed by atoms with E-state index in [4.69, 9.17) is 17.4 Å². The molecule has 3 N–H and O–H groups in total. The first-order chi connectivity index (χ1) is 8.99. The van der Waals surface area contributed by atoms with Crippen LogP contribution in [0.5, 0.6) is 0 Å². The minimum atomic E-state index is -0.363. The number of pyridine rings is 1. The van der Waals surface area contributed by atoms with Crippen molar-refractivity contribution in [1.82, 2.24) is 9.97 Å². The van der Waals surface area contributed by atoms with Crippen molar-refractivity contribution in [2.24, 2.45) is 5.84 Å². The van der Waals surface area contributed by atoms with Crippen LogP contribution in [0.15, 0.2) is 18.3 Å². The summed E-state index contributed by atoms with van der Waals surface area (Å²) in [5, 5.41) is 3.34. The lowest BCUT2D eigenvalue weighted by atomic mass is 10.1. The average molecular weight is 279 g/mol. The number of nitrogens with two attached hydrogens (primary N) is 1. The van der Waals surface area contributed by atoms with Crippen LogP contribution in [-0.2, 0) is 0 Å². The molecule has 1 aromatic carbocycles. The molecule has 0 aliphatic heterocycles. The molecule has 0 aliphatic rings. The number of fused-ring (bicyclic) bond motifs is 3. The number of anilines is 1. The van der Waals surface area contributed by atoms with E-state index in [1.54, 1.807) is 13.2 Å². The third-order valence-electron chi connectivity index (χ3n) is 3.16. The van der Waals surface area contributed by atoms with Gasteiger partial charge in [0.1, 0.15) is 11.5 Å². The van der Waals surface area contributed by atoms with Crippen molar-refractivity contribution in [3.63, 3.8) is 0 Å². The molecule has 0 bridgehead atoms. The van der Waals surface area contributed by atoms with Crippen molar-refractivity contribution in [2.75, 3.05) is 12.1 Å². The maximum absolute atomic E-state index is 13.7. The molecule has 0 saturated heterocycles. The summed E-state index contributed by atoms with van der Waals surface area (Å²) in [7, 11) is 1.65. The fourth-order valence-corrected chi connectivity index (χ4v) is 2.48. The second kappa shape index (κ2) is 4.08. The zero-order valence-electron chi connectivity index (χ0n) is 10.5. The Morgan fingerprint density at radius 2 is 2.16 bits per heavy atom. The second-order valence-corrected chi connectivity index (χ2v) is 4.94. The number of aromatic nitrogens is 2. The summed E-state index contributed by atoms with van der Waals surface area (Å²) in [6.07, 6.45) is 1.68. The number of rotatable bonds is 1.